The van der Waals surface area contributed by atoms with Crippen LogP contribution in [0.5, 0.6) is 0 Å². The average Bonchev–Trinajstić information content (AvgIpc) is 2.24. The highest BCUT2D eigenvalue weighted by Gasteiger charge is 2.37. The van der Waals surface area contributed by atoms with Gasteiger partial charge in [-0.2, -0.15) is 0 Å². The molecule has 0 saturated carbocycles. The van der Waals surface area contributed by atoms with Gasteiger partial charge in [0, 0.05) is 31.7 Å². The first kappa shape index (κ1) is 11.9. The van der Waals surface area contributed by atoms with E-state index in [1.165, 1.54) is 12.8 Å². The smallest absolute Gasteiger partial charge is 0.222 e. The van der Waals surface area contributed by atoms with Crippen LogP contribution >= 0.6 is 0 Å². The van der Waals surface area contributed by atoms with Crippen molar-refractivity contribution in [2.24, 2.45) is 5.73 Å². The van der Waals surface area contributed by atoms with Crippen molar-refractivity contribution in [2.75, 3.05) is 19.7 Å². The van der Waals surface area contributed by atoms with Gasteiger partial charge in [0.1, 0.15) is 0 Å². The fraction of sp³-hybridized carbons (Fsp3) is 0.917. The van der Waals surface area contributed by atoms with Crippen LogP contribution in [0.2, 0.25) is 0 Å². The van der Waals surface area contributed by atoms with Crippen LogP contribution in [0.15, 0.2) is 0 Å². The van der Waals surface area contributed by atoms with E-state index in [2.05, 4.69) is 0 Å². The van der Waals surface area contributed by atoms with E-state index in [4.69, 9.17) is 10.5 Å². The van der Waals surface area contributed by atoms with Crippen molar-refractivity contribution in [2.45, 2.75) is 50.7 Å². The third-order valence-electron chi connectivity index (χ3n) is 3.41. The van der Waals surface area contributed by atoms with E-state index in [-0.39, 0.29) is 11.4 Å². The fourth-order valence-corrected chi connectivity index (χ4v) is 2.48. The maximum absolute atomic E-state index is 11.8. The summed E-state index contributed by atoms with van der Waals surface area (Å²) in [5, 5.41) is 0. The van der Waals surface area contributed by atoms with Gasteiger partial charge in [-0.15, -0.1) is 0 Å². The standard InChI is InChI=1S/C12H22N2O2/c1-12(13)8-14(9-12)11(15)6-5-10-4-2-3-7-16-10/h10H,2-9,13H2,1H3. The molecule has 1 atom stereocenters. The molecule has 2 aliphatic heterocycles. The molecule has 1 amide bonds. The van der Waals surface area contributed by atoms with Crippen LogP contribution in [-0.2, 0) is 9.53 Å². The molecule has 4 heteroatoms. The van der Waals surface area contributed by atoms with Crippen LogP contribution in [0.1, 0.15) is 39.0 Å². The molecule has 0 bridgehead atoms. The highest BCUT2D eigenvalue weighted by atomic mass is 16.5. The second-order valence-corrected chi connectivity index (χ2v) is 5.43. The molecule has 2 rings (SSSR count). The van der Waals surface area contributed by atoms with E-state index < -0.39 is 0 Å². The van der Waals surface area contributed by atoms with Gasteiger partial charge in [0.05, 0.1) is 6.10 Å². The normalized spacial score (nSPS) is 28.6. The van der Waals surface area contributed by atoms with Crippen molar-refractivity contribution in [3.8, 4) is 0 Å². The van der Waals surface area contributed by atoms with Gasteiger partial charge < -0.3 is 15.4 Å². The molecular formula is C12H22N2O2. The highest BCUT2D eigenvalue weighted by Crippen LogP contribution is 2.21. The van der Waals surface area contributed by atoms with Gasteiger partial charge in [0.2, 0.25) is 5.91 Å². The summed E-state index contributed by atoms with van der Waals surface area (Å²) in [6, 6.07) is 0. The Morgan fingerprint density at radius 2 is 2.25 bits per heavy atom. The quantitative estimate of drug-likeness (QED) is 0.777. The summed E-state index contributed by atoms with van der Waals surface area (Å²) in [7, 11) is 0. The molecule has 0 spiro atoms. The molecule has 2 saturated heterocycles. The van der Waals surface area contributed by atoms with E-state index in [1.54, 1.807) is 0 Å². The maximum Gasteiger partial charge on any atom is 0.222 e. The number of amides is 1. The predicted octanol–water partition coefficient (Wildman–Crippen LogP) is 0.895. The number of hydrogen-bond donors (Lipinski definition) is 1. The van der Waals surface area contributed by atoms with Crippen molar-refractivity contribution >= 4 is 5.91 Å². The summed E-state index contributed by atoms with van der Waals surface area (Å²) < 4.78 is 5.61. The lowest BCUT2D eigenvalue weighted by Crippen LogP contribution is -2.66. The fourth-order valence-electron chi connectivity index (χ4n) is 2.48. The molecule has 2 fully saturated rings. The zero-order valence-corrected chi connectivity index (χ0v) is 10.1. The molecule has 92 valence electrons. The number of carbonyl (C=O) groups is 1. The van der Waals surface area contributed by atoms with E-state index in [1.807, 2.05) is 11.8 Å². The van der Waals surface area contributed by atoms with Crippen LogP contribution in [0.3, 0.4) is 0 Å². The SMILES string of the molecule is CC1(N)CN(C(=O)CCC2CCCCO2)C1. The number of rotatable bonds is 3. The van der Waals surface area contributed by atoms with Gasteiger partial charge in [0.15, 0.2) is 0 Å². The number of carbonyl (C=O) groups excluding carboxylic acids is 1. The molecule has 2 heterocycles. The Morgan fingerprint density at radius 1 is 1.50 bits per heavy atom. The minimum Gasteiger partial charge on any atom is -0.378 e. The van der Waals surface area contributed by atoms with Crippen LogP contribution < -0.4 is 5.73 Å². The summed E-state index contributed by atoms with van der Waals surface area (Å²) in [6.07, 6.45) is 5.31. The molecule has 2 aliphatic rings. The van der Waals surface area contributed by atoms with Gasteiger partial charge in [-0.3, -0.25) is 4.79 Å². The van der Waals surface area contributed by atoms with Gasteiger partial charge >= 0.3 is 0 Å². The van der Waals surface area contributed by atoms with Crippen LogP contribution in [0.25, 0.3) is 0 Å². The molecule has 1 unspecified atom stereocenters. The van der Waals surface area contributed by atoms with Crippen molar-refractivity contribution in [3.63, 3.8) is 0 Å². The molecule has 16 heavy (non-hydrogen) atoms. The Hall–Kier alpha value is -0.610. The Bertz CT molecular complexity index is 252. The zero-order valence-electron chi connectivity index (χ0n) is 10.1. The lowest BCUT2D eigenvalue weighted by atomic mass is 9.93. The number of ether oxygens (including phenoxy) is 1. The van der Waals surface area contributed by atoms with Gasteiger partial charge in [0.25, 0.3) is 0 Å². The van der Waals surface area contributed by atoms with Gasteiger partial charge in [-0.25, -0.2) is 0 Å². The summed E-state index contributed by atoms with van der Waals surface area (Å²) >= 11 is 0. The first-order valence-electron chi connectivity index (χ1n) is 6.25. The third kappa shape index (κ3) is 2.95. The Morgan fingerprint density at radius 3 is 2.81 bits per heavy atom. The van der Waals surface area contributed by atoms with Crippen LogP contribution in [0, 0.1) is 0 Å². The number of nitrogens with two attached hydrogens (primary N) is 1. The predicted molar refractivity (Wildman–Crippen MR) is 62.0 cm³/mol. The van der Waals surface area contributed by atoms with Gasteiger partial charge in [-0.1, -0.05) is 0 Å². The Kier molecular flexibility index (Phi) is 3.50. The van der Waals surface area contributed by atoms with Crippen LogP contribution in [0.4, 0.5) is 0 Å². The van der Waals surface area contributed by atoms with Crippen molar-refractivity contribution in [3.05, 3.63) is 0 Å². The van der Waals surface area contributed by atoms with E-state index in [9.17, 15) is 4.79 Å². The van der Waals surface area contributed by atoms with E-state index in [0.29, 0.717) is 25.6 Å². The highest BCUT2D eigenvalue weighted by molar-refractivity contribution is 5.77. The number of hydrogen-bond acceptors (Lipinski definition) is 3. The summed E-state index contributed by atoms with van der Waals surface area (Å²) in [4.78, 5) is 13.6. The second-order valence-electron chi connectivity index (χ2n) is 5.43. The minimum atomic E-state index is -0.156. The zero-order chi connectivity index (χ0) is 11.6. The van der Waals surface area contributed by atoms with Crippen LogP contribution in [-0.4, -0.2) is 42.1 Å². The Labute approximate surface area is 97.1 Å². The lowest BCUT2D eigenvalue weighted by molar-refractivity contribution is -0.139. The maximum atomic E-state index is 11.8. The largest absolute Gasteiger partial charge is 0.378 e. The molecule has 0 aromatic rings. The molecule has 0 aliphatic carbocycles. The first-order valence-corrected chi connectivity index (χ1v) is 6.25. The minimum absolute atomic E-state index is 0.156. The summed E-state index contributed by atoms with van der Waals surface area (Å²) in [5.74, 6) is 0.233. The number of likely N-dealkylation sites (tertiary alicyclic amines) is 1. The first-order chi connectivity index (χ1) is 7.57. The average molecular weight is 226 g/mol. The molecule has 4 nitrogen and oxygen atoms in total. The van der Waals surface area contributed by atoms with E-state index >= 15 is 0 Å². The topological polar surface area (TPSA) is 55.6 Å². The summed E-state index contributed by atoms with van der Waals surface area (Å²) in [5.41, 5.74) is 5.71. The number of nitrogens with zero attached hydrogens (tertiary/aromatic N) is 1. The molecule has 0 aromatic carbocycles. The Balaban J connectivity index is 1.64. The van der Waals surface area contributed by atoms with Gasteiger partial charge in [-0.05, 0) is 32.6 Å². The van der Waals surface area contributed by atoms with Crippen molar-refractivity contribution in [1.29, 1.82) is 0 Å². The second kappa shape index (κ2) is 4.72. The van der Waals surface area contributed by atoms with Crippen molar-refractivity contribution in [1.82, 2.24) is 4.90 Å². The molecule has 2 N–H and O–H groups in total. The third-order valence-corrected chi connectivity index (χ3v) is 3.41. The molecule has 0 aromatic heterocycles. The molecular weight excluding hydrogens is 204 g/mol. The monoisotopic (exact) mass is 226 g/mol. The van der Waals surface area contributed by atoms with Crippen molar-refractivity contribution < 1.29 is 9.53 Å². The van der Waals surface area contributed by atoms with E-state index in [0.717, 1.165) is 19.4 Å². The molecule has 0 radical (unpaired) electrons. The summed E-state index contributed by atoms with van der Waals surface area (Å²) in [6.45, 7) is 4.26. The lowest BCUT2D eigenvalue weighted by Gasteiger charge is -2.45.